The summed E-state index contributed by atoms with van der Waals surface area (Å²) in [6, 6.07) is 22.0. The fourth-order valence-corrected chi connectivity index (χ4v) is 1.47. The fraction of sp³-hybridized carbons (Fsp3) is 0.0714. The van der Waals surface area contributed by atoms with Gasteiger partial charge in [0.05, 0.1) is 0 Å². The molecule has 0 spiro atoms. The normalized spacial score (nSPS) is 9.06. The van der Waals surface area contributed by atoms with Crippen molar-refractivity contribution in [1.29, 1.82) is 0 Å². The van der Waals surface area contributed by atoms with Gasteiger partial charge in [0, 0.05) is 7.05 Å². The molecule has 0 aromatic heterocycles. The summed E-state index contributed by atoms with van der Waals surface area (Å²) < 4.78 is 0. The van der Waals surface area contributed by atoms with Gasteiger partial charge in [-0.05, 0) is 5.71 Å². The molecule has 16 heavy (non-hydrogen) atoms. The van der Waals surface area contributed by atoms with Crippen LogP contribution in [0, 0.1) is 43.2 Å². The molecule has 0 saturated heterocycles. The quantitative estimate of drug-likeness (QED) is 0.513. The average molecular weight is 431 g/mol. The molecule has 2 heteroatoms. The smallest absolute Gasteiger partial charge is 0.337 e. The van der Waals surface area contributed by atoms with Gasteiger partial charge < -0.3 is 4.99 Å². The topological polar surface area (TPSA) is 12.4 Å². The molecule has 76 valence electrons. The Kier molecular flexibility index (Phi) is 5.52. The van der Waals surface area contributed by atoms with Crippen LogP contribution in [-0.2, 0) is 0 Å². The second-order valence-electron chi connectivity index (χ2n) is 3.12. The van der Waals surface area contributed by atoms with Crippen molar-refractivity contribution in [3.63, 3.8) is 0 Å². The molecule has 0 heterocycles. The first-order chi connectivity index (χ1) is 7.42. The van der Waals surface area contributed by atoms with Crippen molar-refractivity contribution < 1.29 is 31.1 Å². The number of nitrogens with zero attached hydrogens (tertiary/aromatic N) is 1. The Morgan fingerprint density at radius 2 is 1.44 bits per heavy atom. The molecule has 2 aromatic rings. The van der Waals surface area contributed by atoms with Gasteiger partial charge in [0.2, 0.25) is 0 Å². The molecular formula is C14H11NU. The second-order valence-corrected chi connectivity index (χ2v) is 3.12. The first-order valence-electron chi connectivity index (χ1n) is 4.83. The molecule has 0 bridgehead atoms. The Bertz CT molecular complexity index is 407. The number of hydrogen-bond acceptors (Lipinski definition) is 1. The van der Waals surface area contributed by atoms with Crippen LogP contribution in [0.25, 0.3) is 0 Å². The molecule has 0 N–H and O–H groups in total. The van der Waals surface area contributed by atoms with Crippen LogP contribution in [0.2, 0.25) is 0 Å². The predicted molar refractivity (Wildman–Crippen MR) is 62.1 cm³/mol. The van der Waals surface area contributed by atoms with Gasteiger partial charge in [-0.1, -0.05) is 0 Å². The van der Waals surface area contributed by atoms with E-state index in [9.17, 15) is 0 Å². The first kappa shape index (κ1) is 13.2. The third-order valence-corrected chi connectivity index (χ3v) is 2.15. The standard InChI is InChI=1S/C14H11N.U/c1-15-14(12-8-4-2-5-9-12)13-10-6-3-7-11-13;/h2-8,10H,1H3;/q-2;+2. The number of hydrogen-bond donors (Lipinski definition) is 0. The van der Waals surface area contributed by atoms with Gasteiger partial charge in [-0.15, -0.1) is 71.8 Å². The molecule has 0 unspecified atom stereocenters. The van der Waals surface area contributed by atoms with Crippen LogP contribution in [0.1, 0.15) is 11.1 Å². The van der Waals surface area contributed by atoms with Crippen molar-refractivity contribution in [3.8, 4) is 0 Å². The van der Waals surface area contributed by atoms with E-state index in [1.165, 1.54) is 0 Å². The Morgan fingerprint density at radius 1 is 0.938 bits per heavy atom. The molecular weight excluding hydrogens is 420 g/mol. The third-order valence-electron chi connectivity index (χ3n) is 2.15. The number of rotatable bonds is 2. The molecule has 0 fully saturated rings. The molecule has 2 rings (SSSR count). The first-order valence-corrected chi connectivity index (χ1v) is 4.83. The van der Waals surface area contributed by atoms with E-state index in [2.05, 4.69) is 17.1 Å². The van der Waals surface area contributed by atoms with Crippen molar-refractivity contribution in [2.24, 2.45) is 4.99 Å². The summed E-state index contributed by atoms with van der Waals surface area (Å²) in [6.07, 6.45) is 0. The minimum absolute atomic E-state index is 0. The van der Waals surface area contributed by atoms with Gasteiger partial charge in [0.15, 0.2) is 0 Å². The summed E-state index contributed by atoms with van der Waals surface area (Å²) in [4.78, 5) is 4.28. The minimum atomic E-state index is 0. The van der Waals surface area contributed by atoms with Crippen LogP contribution >= 0.6 is 0 Å². The Morgan fingerprint density at radius 3 is 1.75 bits per heavy atom. The van der Waals surface area contributed by atoms with E-state index in [0.29, 0.717) is 0 Å². The van der Waals surface area contributed by atoms with Crippen LogP contribution in [0.3, 0.4) is 0 Å². The summed E-state index contributed by atoms with van der Waals surface area (Å²) in [7, 11) is 1.79. The molecule has 0 aliphatic carbocycles. The van der Waals surface area contributed by atoms with Crippen LogP contribution in [0.5, 0.6) is 0 Å². The summed E-state index contributed by atoms with van der Waals surface area (Å²) >= 11 is 0. The Labute approximate surface area is 120 Å². The SMILES string of the molecule is CN=C(c1[c-]cccc1)c1[c-]cccc1.[U+2]. The molecule has 0 aliphatic rings. The Hall–Kier alpha value is -0.838. The number of aliphatic imine (C=N–C) groups is 1. The van der Waals surface area contributed by atoms with E-state index >= 15 is 0 Å². The van der Waals surface area contributed by atoms with E-state index in [-0.39, 0.29) is 31.1 Å². The summed E-state index contributed by atoms with van der Waals surface area (Å²) in [6.45, 7) is 0. The average Bonchev–Trinajstić information content (AvgIpc) is 2.33. The zero-order valence-electron chi connectivity index (χ0n) is 9.07. The molecule has 0 radical (unpaired) electrons. The van der Waals surface area contributed by atoms with E-state index in [4.69, 9.17) is 0 Å². The molecule has 2 aromatic carbocycles. The van der Waals surface area contributed by atoms with Crippen LogP contribution in [0.4, 0.5) is 0 Å². The van der Waals surface area contributed by atoms with E-state index in [1.807, 2.05) is 48.5 Å². The zero-order chi connectivity index (χ0) is 10.5. The maximum Gasteiger partial charge on any atom is 2.00 e. The molecule has 0 atom stereocenters. The minimum Gasteiger partial charge on any atom is -0.337 e. The maximum absolute atomic E-state index is 4.28. The van der Waals surface area contributed by atoms with Gasteiger partial charge in [-0.25, -0.2) is 0 Å². The molecule has 1 nitrogen and oxygen atoms in total. The Balaban J connectivity index is 0.00000128. The molecule has 0 saturated carbocycles. The van der Waals surface area contributed by atoms with E-state index in [1.54, 1.807) is 7.05 Å². The maximum atomic E-state index is 4.28. The predicted octanol–water partition coefficient (Wildman–Crippen LogP) is 2.75. The van der Waals surface area contributed by atoms with Gasteiger partial charge in [0.25, 0.3) is 0 Å². The molecule has 0 aliphatic heterocycles. The monoisotopic (exact) mass is 431 g/mol. The van der Waals surface area contributed by atoms with Gasteiger partial charge in [-0.3, -0.25) is 0 Å². The van der Waals surface area contributed by atoms with Crippen LogP contribution in [0.15, 0.2) is 53.5 Å². The zero-order valence-corrected chi connectivity index (χ0v) is 13.2. The van der Waals surface area contributed by atoms with Gasteiger partial charge in [-0.2, -0.15) is 0 Å². The fourth-order valence-electron chi connectivity index (χ4n) is 1.47. The molecule has 0 amide bonds. The van der Waals surface area contributed by atoms with Gasteiger partial charge in [0.1, 0.15) is 0 Å². The van der Waals surface area contributed by atoms with Crippen molar-refractivity contribution >= 4 is 5.71 Å². The van der Waals surface area contributed by atoms with Crippen LogP contribution < -0.4 is 0 Å². The van der Waals surface area contributed by atoms with Crippen molar-refractivity contribution in [2.45, 2.75) is 0 Å². The van der Waals surface area contributed by atoms with Crippen molar-refractivity contribution in [3.05, 3.63) is 71.8 Å². The van der Waals surface area contributed by atoms with E-state index < -0.39 is 0 Å². The summed E-state index contributed by atoms with van der Waals surface area (Å²) in [5, 5.41) is 0. The second kappa shape index (κ2) is 6.68. The van der Waals surface area contributed by atoms with Gasteiger partial charge >= 0.3 is 31.1 Å². The van der Waals surface area contributed by atoms with Crippen LogP contribution in [-0.4, -0.2) is 12.8 Å². The number of benzene rings is 2. The largest absolute Gasteiger partial charge is 2.00 e. The third kappa shape index (κ3) is 3.07. The summed E-state index contributed by atoms with van der Waals surface area (Å²) in [5.74, 6) is 0. The summed E-state index contributed by atoms with van der Waals surface area (Å²) in [5.41, 5.74) is 2.93. The van der Waals surface area contributed by atoms with Crippen molar-refractivity contribution in [2.75, 3.05) is 7.05 Å². The van der Waals surface area contributed by atoms with Crippen molar-refractivity contribution in [1.82, 2.24) is 0 Å². The van der Waals surface area contributed by atoms with E-state index in [0.717, 1.165) is 16.8 Å².